The van der Waals surface area contributed by atoms with Crippen LogP contribution >= 0.6 is 0 Å². The second-order valence-electron chi connectivity index (χ2n) is 8.47. The third kappa shape index (κ3) is 2.47. The highest BCUT2D eigenvalue weighted by Crippen LogP contribution is 2.52. The average molecular weight is 283 g/mol. The predicted molar refractivity (Wildman–Crippen MR) is 92.7 cm³/mol. The molecule has 0 aliphatic carbocycles. The van der Waals surface area contributed by atoms with Gasteiger partial charge in [-0.25, -0.2) is 0 Å². The Kier molecular flexibility index (Phi) is 3.68. The third-order valence-corrected chi connectivity index (χ3v) is 5.44. The van der Waals surface area contributed by atoms with Crippen molar-refractivity contribution in [2.45, 2.75) is 60.8 Å². The van der Waals surface area contributed by atoms with Gasteiger partial charge in [0, 0.05) is 16.5 Å². The maximum atomic E-state index is 5.04. The van der Waals surface area contributed by atoms with Gasteiger partial charge in [0.15, 0.2) is 0 Å². The Balaban J connectivity index is 2.79. The van der Waals surface area contributed by atoms with E-state index in [9.17, 15) is 0 Å². The van der Waals surface area contributed by atoms with E-state index >= 15 is 0 Å². The van der Waals surface area contributed by atoms with Gasteiger partial charge < -0.3 is 0 Å². The first kappa shape index (κ1) is 16.0. The van der Waals surface area contributed by atoms with Crippen molar-refractivity contribution in [1.82, 2.24) is 4.98 Å². The van der Waals surface area contributed by atoms with E-state index in [0.717, 1.165) is 5.52 Å². The topological polar surface area (TPSA) is 12.9 Å². The zero-order chi connectivity index (χ0) is 16.1. The Hall–Kier alpha value is -1.37. The maximum Gasteiger partial charge on any atom is 0.0708 e. The van der Waals surface area contributed by atoms with Gasteiger partial charge in [-0.05, 0) is 35.4 Å². The summed E-state index contributed by atoms with van der Waals surface area (Å²) >= 11 is 0. The van der Waals surface area contributed by atoms with Crippen LogP contribution in [0.4, 0.5) is 0 Å². The summed E-state index contributed by atoms with van der Waals surface area (Å²) in [5, 5.41) is 1.26. The van der Waals surface area contributed by atoms with E-state index in [0.29, 0.717) is 0 Å². The lowest BCUT2D eigenvalue weighted by molar-refractivity contribution is 0.0655. The molecule has 114 valence electrons. The van der Waals surface area contributed by atoms with Gasteiger partial charge >= 0.3 is 0 Å². The van der Waals surface area contributed by atoms with E-state index in [1.165, 1.54) is 16.6 Å². The molecule has 0 amide bonds. The zero-order valence-electron chi connectivity index (χ0n) is 14.8. The molecule has 0 aliphatic heterocycles. The second-order valence-corrected chi connectivity index (χ2v) is 8.47. The highest BCUT2D eigenvalue weighted by Gasteiger charge is 2.49. The molecule has 0 atom stereocenters. The molecule has 1 nitrogen and oxygen atoms in total. The van der Waals surface area contributed by atoms with Crippen LogP contribution < -0.4 is 0 Å². The smallest absolute Gasteiger partial charge is 0.0708 e. The van der Waals surface area contributed by atoms with Crippen molar-refractivity contribution < 1.29 is 0 Å². The summed E-state index contributed by atoms with van der Waals surface area (Å²) in [5.41, 5.74) is 3.89. The van der Waals surface area contributed by atoms with Crippen molar-refractivity contribution in [3.8, 4) is 0 Å². The summed E-state index contributed by atoms with van der Waals surface area (Å²) in [6, 6.07) is 10.7. The number of aryl methyl sites for hydroxylation is 1. The molecule has 1 aromatic carbocycles. The number of nitrogens with zero attached hydrogens (tertiary/aromatic N) is 1. The molecule has 1 heterocycles. The van der Waals surface area contributed by atoms with Gasteiger partial charge in [0.1, 0.15) is 0 Å². The molecule has 0 aliphatic rings. The summed E-state index contributed by atoms with van der Waals surface area (Å²) in [7, 11) is 0. The van der Waals surface area contributed by atoms with Gasteiger partial charge in [0.2, 0.25) is 0 Å². The lowest BCUT2D eigenvalue weighted by atomic mass is 9.53. The largest absolute Gasteiger partial charge is 0.252 e. The van der Waals surface area contributed by atoms with Crippen LogP contribution in [0.25, 0.3) is 10.9 Å². The SMILES string of the molecule is Cc1cc(C(C)(C(C)(C)C)C(C)(C)C)nc2ccccc12. The van der Waals surface area contributed by atoms with Crippen molar-refractivity contribution in [3.63, 3.8) is 0 Å². The van der Waals surface area contributed by atoms with Gasteiger partial charge in [0.25, 0.3) is 0 Å². The lowest BCUT2D eigenvalue weighted by Crippen LogP contribution is -2.48. The normalized spacial score (nSPS) is 13.7. The van der Waals surface area contributed by atoms with E-state index in [4.69, 9.17) is 4.98 Å². The fourth-order valence-electron chi connectivity index (χ4n) is 3.50. The highest BCUT2D eigenvalue weighted by molar-refractivity contribution is 5.82. The van der Waals surface area contributed by atoms with Crippen LogP contribution in [-0.2, 0) is 5.41 Å². The van der Waals surface area contributed by atoms with Crippen molar-refractivity contribution in [1.29, 1.82) is 0 Å². The van der Waals surface area contributed by atoms with Crippen molar-refractivity contribution >= 4 is 10.9 Å². The second kappa shape index (κ2) is 4.83. The number of fused-ring (bicyclic) bond motifs is 1. The molecule has 0 unspecified atom stereocenters. The third-order valence-electron chi connectivity index (χ3n) is 5.44. The van der Waals surface area contributed by atoms with Crippen molar-refractivity contribution in [3.05, 3.63) is 41.6 Å². The minimum Gasteiger partial charge on any atom is -0.252 e. The Bertz CT molecular complexity index is 640. The van der Waals surface area contributed by atoms with Crippen LogP contribution in [-0.4, -0.2) is 4.98 Å². The summed E-state index contributed by atoms with van der Waals surface area (Å²) in [6.45, 7) is 18.5. The van der Waals surface area contributed by atoms with Crippen LogP contribution in [0.1, 0.15) is 59.7 Å². The van der Waals surface area contributed by atoms with Crippen LogP contribution in [0.3, 0.4) is 0 Å². The highest BCUT2D eigenvalue weighted by atomic mass is 14.8. The molecule has 1 heteroatoms. The molecular formula is C20H29N. The molecule has 21 heavy (non-hydrogen) atoms. The van der Waals surface area contributed by atoms with Crippen LogP contribution in [0.2, 0.25) is 0 Å². The molecule has 0 bridgehead atoms. The van der Waals surface area contributed by atoms with E-state index in [1.54, 1.807) is 0 Å². The van der Waals surface area contributed by atoms with Gasteiger partial charge in [-0.1, -0.05) is 66.7 Å². The van der Waals surface area contributed by atoms with E-state index in [2.05, 4.69) is 85.7 Å². The fourth-order valence-corrected chi connectivity index (χ4v) is 3.50. The number of pyridine rings is 1. The molecule has 2 rings (SSSR count). The number of rotatable bonds is 1. The number of para-hydroxylation sites is 1. The number of aromatic nitrogens is 1. The standard InChI is InChI=1S/C20H29N/c1-14-13-17(21-16-12-10-9-11-15(14)16)20(8,18(2,3)4)19(5,6)7/h9-13H,1-8H3. The first-order valence-electron chi connectivity index (χ1n) is 7.85. The molecule has 2 aromatic rings. The number of hydrogen-bond acceptors (Lipinski definition) is 1. The molecule has 1 aromatic heterocycles. The van der Waals surface area contributed by atoms with E-state index in [1.807, 2.05) is 0 Å². The summed E-state index contributed by atoms with van der Waals surface area (Å²) in [6.07, 6.45) is 0. The Labute approximate surface area is 129 Å². The summed E-state index contributed by atoms with van der Waals surface area (Å²) in [5.74, 6) is 0. The van der Waals surface area contributed by atoms with E-state index < -0.39 is 0 Å². The lowest BCUT2D eigenvalue weighted by Gasteiger charge is -2.51. The van der Waals surface area contributed by atoms with Crippen molar-refractivity contribution in [2.24, 2.45) is 10.8 Å². The molecular weight excluding hydrogens is 254 g/mol. The molecule has 0 radical (unpaired) electrons. The predicted octanol–water partition coefficient (Wildman–Crippen LogP) is 5.89. The molecule has 0 fully saturated rings. The van der Waals surface area contributed by atoms with Crippen LogP contribution in [0.5, 0.6) is 0 Å². The monoisotopic (exact) mass is 283 g/mol. The average Bonchev–Trinajstić information content (AvgIpc) is 2.35. The Morgan fingerprint density at radius 2 is 1.33 bits per heavy atom. The Morgan fingerprint density at radius 3 is 1.86 bits per heavy atom. The maximum absolute atomic E-state index is 5.04. The first-order chi connectivity index (χ1) is 9.48. The zero-order valence-corrected chi connectivity index (χ0v) is 14.8. The number of hydrogen-bond donors (Lipinski definition) is 0. The van der Waals surface area contributed by atoms with E-state index in [-0.39, 0.29) is 16.2 Å². The minimum absolute atomic E-state index is 0.00517. The van der Waals surface area contributed by atoms with Crippen LogP contribution in [0.15, 0.2) is 30.3 Å². The summed E-state index contributed by atoms with van der Waals surface area (Å²) < 4.78 is 0. The van der Waals surface area contributed by atoms with Gasteiger partial charge in [-0.15, -0.1) is 0 Å². The molecule has 0 N–H and O–H groups in total. The summed E-state index contributed by atoms with van der Waals surface area (Å²) in [4.78, 5) is 5.04. The minimum atomic E-state index is -0.00517. The first-order valence-corrected chi connectivity index (χ1v) is 7.85. The fraction of sp³-hybridized carbons (Fsp3) is 0.550. The van der Waals surface area contributed by atoms with Gasteiger partial charge in [-0.3, -0.25) is 4.98 Å². The van der Waals surface area contributed by atoms with Gasteiger partial charge in [0.05, 0.1) is 5.52 Å². The molecule has 0 saturated heterocycles. The van der Waals surface area contributed by atoms with Crippen LogP contribution in [0, 0.1) is 17.8 Å². The quantitative estimate of drug-likeness (QED) is 0.635. The molecule has 0 saturated carbocycles. The molecule has 0 spiro atoms. The number of benzene rings is 1. The Morgan fingerprint density at radius 1 is 0.810 bits per heavy atom. The van der Waals surface area contributed by atoms with Crippen molar-refractivity contribution in [2.75, 3.05) is 0 Å². The van der Waals surface area contributed by atoms with Gasteiger partial charge in [-0.2, -0.15) is 0 Å².